The highest BCUT2D eigenvalue weighted by Gasteiger charge is 2.35. The third-order valence-corrected chi connectivity index (χ3v) is 5.47. The summed E-state index contributed by atoms with van der Waals surface area (Å²) in [5.74, 6) is -0.157. The predicted octanol–water partition coefficient (Wildman–Crippen LogP) is 1.61. The van der Waals surface area contributed by atoms with Gasteiger partial charge in [0.1, 0.15) is 0 Å². The lowest BCUT2D eigenvalue weighted by atomic mass is 10.1. The van der Waals surface area contributed by atoms with Gasteiger partial charge in [-0.2, -0.15) is 0 Å². The van der Waals surface area contributed by atoms with Crippen LogP contribution in [-0.2, 0) is 9.59 Å². The van der Waals surface area contributed by atoms with E-state index in [0.29, 0.717) is 21.8 Å². The zero-order chi connectivity index (χ0) is 16.9. The Morgan fingerprint density at radius 1 is 1.38 bits per heavy atom. The van der Waals surface area contributed by atoms with Crippen LogP contribution in [0.15, 0.2) is 34.7 Å². The number of para-hydroxylation sites is 1. The number of carbonyl (C=O) groups is 2. The van der Waals surface area contributed by atoms with E-state index < -0.39 is 5.92 Å². The number of rotatable bonds is 6. The van der Waals surface area contributed by atoms with Crippen molar-refractivity contribution in [2.24, 2.45) is 5.92 Å². The average Bonchev–Trinajstić information content (AvgIpc) is 3.20. The van der Waals surface area contributed by atoms with Gasteiger partial charge in [0, 0.05) is 24.4 Å². The molecule has 1 aliphatic heterocycles. The third kappa shape index (κ3) is 3.92. The van der Waals surface area contributed by atoms with Crippen molar-refractivity contribution in [2.45, 2.75) is 10.8 Å². The molecule has 2 heterocycles. The molecule has 1 fully saturated rings. The summed E-state index contributed by atoms with van der Waals surface area (Å²) in [7, 11) is 0. The first-order valence-electron chi connectivity index (χ1n) is 7.41. The summed E-state index contributed by atoms with van der Waals surface area (Å²) in [5, 5.41) is 19.8. The normalized spacial score (nSPS) is 17.3. The fourth-order valence-electron chi connectivity index (χ4n) is 2.40. The molecular weight excluding hydrogens is 348 g/mol. The number of aliphatic hydroxyl groups is 1. The molecule has 2 amide bonds. The largest absolute Gasteiger partial charge is 0.396 e. The Bertz CT molecular complexity index is 723. The van der Waals surface area contributed by atoms with Crippen LogP contribution in [0, 0.1) is 5.92 Å². The van der Waals surface area contributed by atoms with Gasteiger partial charge in [-0.05, 0) is 12.1 Å². The minimum absolute atomic E-state index is 0.0576. The lowest BCUT2D eigenvalue weighted by Crippen LogP contribution is -2.28. The highest BCUT2D eigenvalue weighted by Crippen LogP contribution is 2.28. The molecule has 0 radical (unpaired) electrons. The van der Waals surface area contributed by atoms with Crippen LogP contribution in [0.2, 0.25) is 0 Å². The Morgan fingerprint density at radius 2 is 2.17 bits per heavy atom. The number of anilines is 2. The van der Waals surface area contributed by atoms with Crippen LogP contribution in [0.3, 0.4) is 0 Å². The van der Waals surface area contributed by atoms with E-state index >= 15 is 0 Å². The van der Waals surface area contributed by atoms with Crippen LogP contribution >= 0.6 is 23.1 Å². The zero-order valence-electron chi connectivity index (χ0n) is 12.7. The lowest BCUT2D eigenvalue weighted by Gasteiger charge is -2.16. The van der Waals surface area contributed by atoms with Gasteiger partial charge >= 0.3 is 0 Å². The highest BCUT2D eigenvalue weighted by atomic mass is 32.2. The van der Waals surface area contributed by atoms with Gasteiger partial charge in [-0.3, -0.25) is 9.59 Å². The lowest BCUT2D eigenvalue weighted by molar-refractivity contribution is -0.122. The molecule has 2 N–H and O–H groups in total. The number of aliphatic hydroxyl groups excluding tert-OH is 1. The number of thioether (sulfide) groups is 1. The fourth-order valence-corrected chi connectivity index (χ4v) is 3.97. The molecule has 1 aromatic carbocycles. The maximum absolute atomic E-state index is 12.4. The molecule has 9 heteroatoms. The molecule has 0 aliphatic carbocycles. The van der Waals surface area contributed by atoms with E-state index in [-0.39, 0.29) is 24.8 Å². The maximum Gasteiger partial charge on any atom is 0.231 e. The quantitative estimate of drug-likeness (QED) is 0.597. The minimum Gasteiger partial charge on any atom is -0.396 e. The molecule has 0 saturated carbocycles. The van der Waals surface area contributed by atoms with E-state index in [9.17, 15) is 9.59 Å². The number of nitrogens with one attached hydrogen (secondary N) is 1. The van der Waals surface area contributed by atoms with Gasteiger partial charge in [0.25, 0.3) is 0 Å². The summed E-state index contributed by atoms with van der Waals surface area (Å²) >= 11 is 2.64. The van der Waals surface area contributed by atoms with Gasteiger partial charge in [0.15, 0.2) is 4.34 Å². The fraction of sp³-hybridized carbons (Fsp3) is 0.333. The number of amides is 2. The number of nitrogens with zero attached hydrogens (tertiary/aromatic N) is 3. The summed E-state index contributed by atoms with van der Waals surface area (Å²) in [6.45, 7) is 0.422. The Hall–Kier alpha value is -1.97. The molecule has 0 spiro atoms. The average molecular weight is 364 g/mol. The first-order chi connectivity index (χ1) is 11.7. The van der Waals surface area contributed by atoms with Crippen molar-refractivity contribution in [1.82, 2.24) is 10.2 Å². The Morgan fingerprint density at radius 3 is 2.92 bits per heavy atom. The van der Waals surface area contributed by atoms with Crippen molar-refractivity contribution < 1.29 is 14.7 Å². The molecule has 24 heavy (non-hydrogen) atoms. The smallest absolute Gasteiger partial charge is 0.231 e. The van der Waals surface area contributed by atoms with E-state index in [1.54, 1.807) is 4.90 Å². The SMILES string of the molecule is O=C(Nc1nnc(SCCO)s1)[C@@H]1CC(=O)N(c2ccccc2)C1. The van der Waals surface area contributed by atoms with Gasteiger partial charge in [-0.15, -0.1) is 10.2 Å². The van der Waals surface area contributed by atoms with Crippen molar-refractivity contribution in [1.29, 1.82) is 0 Å². The first-order valence-corrected chi connectivity index (χ1v) is 9.21. The van der Waals surface area contributed by atoms with Crippen molar-refractivity contribution in [3.8, 4) is 0 Å². The van der Waals surface area contributed by atoms with Gasteiger partial charge in [-0.1, -0.05) is 41.3 Å². The molecule has 0 unspecified atom stereocenters. The summed E-state index contributed by atoms with van der Waals surface area (Å²) < 4.78 is 0.688. The van der Waals surface area contributed by atoms with E-state index in [1.807, 2.05) is 30.3 Å². The van der Waals surface area contributed by atoms with Crippen LogP contribution in [0.5, 0.6) is 0 Å². The van der Waals surface area contributed by atoms with Crippen molar-refractivity contribution in [2.75, 3.05) is 29.1 Å². The molecule has 3 rings (SSSR count). The molecule has 0 bridgehead atoms. The summed E-state index contributed by atoms with van der Waals surface area (Å²) in [4.78, 5) is 26.2. The molecular formula is C15H16N4O3S2. The van der Waals surface area contributed by atoms with Crippen LogP contribution in [0.1, 0.15) is 6.42 Å². The Kier molecular flexibility index (Phi) is 5.44. The summed E-state index contributed by atoms with van der Waals surface area (Å²) in [5.41, 5.74) is 0.802. The Labute approximate surface area is 147 Å². The summed E-state index contributed by atoms with van der Waals surface area (Å²) in [6.07, 6.45) is 0.186. The minimum atomic E-state index is -0.407. The van der Waals surface area contributed by atoms with E-state index in [2.05, 4.69) is 15.5 Å². The molecule has 1 aromatic heterocycles. The number of hydrogen-bond donors (Lipinski definition) is 2. The van der Waals surface area contributed by atoms with Gasteiger partial charge in [0.05, 0.1) is 12.5 Å². The standard InChI is InChI=1S/C15H16N4O3S2/c20-6-7-23-15-18-17-14(24-15)16-13(22)10-8-12(21)19(9-10)11-4-2-1-3-5-11/h1-5,10,20H,6-9H2,(H,16,17,22)/t10-/m1/s1. The van der Waals surface area contributed by atoms with Crippen LogP contribution in [0.25, 0.3) is 0 Å². The summed E-state index contributed by atoms with van der Waals surface area (Å²) in [6, 6.07) is 9.32. The topological polar surface area (TPSA) is 95.4 Å². The molecule has 7 nitrogen and oxygen atoms in total. The van der Waals surface area contributed by atoms with Gasteiger partial charge < -0.3 is 15.3 Å². The Balaban J connectivity index is 1.60. The number of aromatic nitrogens is 2. The number of benzene rings is 1. The van der Waals surface area contributed by atoms with E-state index in [1.165, 1.54) is 23.1 Å². The molecule has 1 aliphatic rings. The predicted molar refractivity (Wildman–Crippen MR) is 93.3 cm³/mol. The molecule has 126 valence electrons. The van der Waals surface area contributed by atoms with Crippen LogP contribution < -0.4 is 10.2 Å². The monoisotopic (exact) mass is 364 g/mol. The highest BCUT2D eigenvalue weighted by molar-refractivity contribution is 8.01. The second kappa shape index (κ2) is 7.73. The first kappa shape index (κ1) is 16.9. The van der Waals surface area contributed by atoms with Gasteiger partial charge in [0.2, 0.25) is 16.9 Å². The third-order valence-electron chi connectivity index (χ3n) is 3.52. The maximum atomic E-state index is 12.4. The molecule has 1 saturated heterocycles. The zero-order valence-corrected chi connectivity index (χ0v) is 14.3. The number of carbonyl (C=O) groups excluding carboxylic acids is 2. The second-order valence-electron chi connectivity index (χ2n) is 5.18. The van der Waals surface area contributed by atoms with E-state index in [0.717, 1.165) is 5.69 Å². The van der Waals surface area contributed by atoms with Crippen LogP contribution in [-0.4, -0.2) is 46.0 Å². The van der Waals surface area contributed by atoms with Gasteiger partial charge in [-0.25, -0.2) is 0 Å². The second-order valence-corrected chi connectivity index (χ2v) is 7.49. The van der Waals surface area contributed by atoms with E-state index in [4.69, 9.17) is 5.11 Å². The molecule has 1 atom stereocenters. The van der Waals surface area contributed by atoms with Crippen molar-refractivity contribution in [3.05, 3.63) is 30.3 Å². The van der Waals surface area contributed by atoms with Crippen LogP contribution in [0.4, 0.5) is 10.8 Å². The van der Waals surface area contributed by atoms with Crippen molar-refractivity contribution in [3.63, 3.8) is 0 Å². The number of hydrogen-bond acceptors (Lipinski definition) is 7. The van der Waals surface area contributed by atoms with Crippen molar-refractivity contribution >= 4 is 45.7 Å². The molecule has 2 aromatic rings.